The highest BCUT2D eigenvalue weighted by atomic mass is 79.9. The molecule has 0 aromatic heterocycles. The van der Waals surface area contributed by atoms with Crippen LogP contribution in [0.2, 0.25) is 0 Å². The number of halogens is 2. The maximum Gasteiger partial charge on any atom is 0.127 e. The van der Waals surface area contributed by atoms with Crippen LogP contribution in [0.5, 0.6) is 0 Å². The lowest BCUT2D eigenvalue weighted by Crippen LogP contribution is -2.27. The van der Waals surface area contributed by atoms with Crippen LogP contribution in [-0.2, 0) is 6.42 Å². The Morgan fingerprint density at radius 2 is 2.00 bits per heavy atom. The Morgan fingerprint density at radius 1 is 1.28 bits per heavy atom. The molecule has 1 unspecified atom stereocenters. The molecule has 0 aliphatic carbocycles. The predicted molar refractivity (Wildman–Crippen MR) is 79.3 cm³/mol. The maximum absolute atomic E-state index is 13.7. The molecule has 0 saturated heterocycles. The molecule has 1 N–H and O–H groups in total. The third-order valence-corrected chi connectivity index (χ3v) is 3.58. The van der Waals surface area contributed by atoms with Gasteiger partial charge in [-0.1, -0.05) is 49.2 Å². The van der Waals surface area contributed by atoms with Crippen LogP contribution in [0.15, 0.2) is 22.7 Å². The molecule has 0 aliphatic rings. The van der Waals surface area contributed by atoms with E-state index in [9.17, 15) is 4.39 Å². The normalized spacial score (nSPS) is 13.0. The summed E-state index contributed by atoms with van der Waals surface area (Å²) >= 11 is 3.29. The third kappa shape index (κ3) is 5.49. The number of rotatable bonds is 7. The SMILES string of the molecule is CCC(CNCC(C)C)Cc1ccc(Br)cc1F. The van der Waals surface area contributed by atoms with Crippen molar-refractivity contribution in [2.75, 3.05) is 13.1 Å². The highest BCUT2D eigenvalue weighted by Crippen LogP contribution is 2.19. The van der Waals surface area contributed by atoms with Gasteiger partial charge < -0.3 is 5.32 Å². The molecule has 18 heavy (non-hydrogen) atoms. The highest BCUT2D eigenvalue weighted by molar-refractivity contribution is 9.10. The number of hydrogen-bond donors (Lipinski definition) is 1. The van der Waals surface area contributed by atoms with Crippen LogP contribution in [0.3, 0.4) is 0 Å². The molecule has 3 heteroatoms. The average molecular weight is 316 g/mol. The van der Waals surface area contributed by atoms with Crippen LogP contribution in [0.4, 0.5) is 4.39 Å². The van der Waals surface area contributed by atoms with Crippen LogP contribution in [-0.4, -0.2) is 13.1 Å². The lowest BCUT2D eigenvalue weighted by molar-refractivity contribution is 0.431. The van der Waals surface area contributed by atoms with Crippen molar-refractivity contribution in [1.82, 2.24) is 5.32 Å². The summed E-state index contributed by atoms with van der Waals surface area (Å²) in [6.07, 6.45) is 1.88. The van der Waals surface area contributed by atoms with Gasteiger partial charge in [0.2, 0.25) is 0 Å². The minimum atomic E-state index is -0.105. The molecule has 1 atom stereocenters. The van der Waals surface area contributed by atoms with E-state index >= 15 is 0 Å². The standard InChI is InChI=1S/C15H23BrFN/c1-4-12(10-18-9-11(2)3)7-13-5-6-14(16)8-15(13)17/h5-6,8,11-12,18H,4,7,9-10H2,1-3H3. The van der Waals surface area contributed by atoms with E-state index in [1.54, 1.807) is 6.07 Å². The first-order chi connectivity index (χ1) is 8.52. The zero-order valence-electron chi connectivity index (χ0n) is 11.5. The van der Waals surface area contributed by atoms with Gasteiger partial charge in [-0.05, 0) is 49.0 Å². The summed E-state index contributed by atoms with van der Waals surface area (Å²) in [4.78, 5) is 0. The second-order valence-electron chi connectivity index (χ2n) is 5.27. The molecule has 0 fully saturated rings. The summed E-state index contributed by atoms with van der Waals surface area (Å²) < 4.78 is 14.5. The molecule has 1 rings (SSSR count). The highest BCUT2D eigenvalue weighted by Gasteiger charge is 2.11. The lowest BCUT2D eigenvalue weighted by Gasteiger charge is -2.17. The van der Waals surface area contributed by atoms with Crippen molar-refractivity contribution >= 4 is 15.9 Å². The van der Waals surface area contributed by atoms with Crippen molar-refractivity contribution in [1.29, 1.82) is 0 Å². The van der Waals surface area contributed by atoms with E-state index in [2.05, 4.69) is 42.0 Å². The number of hydrogen-bond acceptors (Lipinski definition) is 1. The van der Waals surface area contributed by atoms with Gasteiger partial charge in [-0.15, -0.1) is 0 Å². The fraction of sp³-hybridized carbons (Fsp3) is 0.600. The molecule has 102 valence electrons. The molecule has 0 radical (unpaired) electrons. The van der Waals surface area contributed by atoms with Crippen LogP contribution < -0.4 is 5.32 Å². The fourth-order valence-electron chi connectivity index (χ4n) is 1.94. The topological polar surface area (TPSA) is 12.0 Å². The summed E-state index contributed by atoms with van der Waals surface area (Å²) in [6.45, 7) is 8.55. The zero-order valence-corrected chi connectivity index (χ0v) is 13.1. The lowest BCUT2D eigenvalue weighted by atomic mass is 9.96. The van der Waals surface area contributed by atoms with E-state index in [0.29, 0.717) is 11.8 Å². The van der Waals surface area contributed by atoms with Gasteiger partial charge in [0.25, 0.3) is 0 Å². The van der Waals surface area contributed by atoms with E-state index in [1.807, 2.05) is 12.1 Å². The Labute approximate surface area is 118 Å². The molecule has 1 aromatic carbocycles. The first-order valence-corrected chi connectivity index (χ1v) is 7.46. The summed E-state index contributed by atoms with van der Waals surface area (Å²) in [5, 5.41) is 3.46. The largest absolute Gasteiger partial charge is 0.316 e. The van der Waals surface area contributed by atoms with E-state index in [-0.39, 0.29) is 5.82 Å². The average Bonchev–Trinajstić information content (AvgIpc) is 2.30. The number of benzene rings is 1. The second-order valence-corrected chi connectivity index (χ2v) is 6.18. The van der Waals surface area contributed by atoms with Gasteiger partial charge in [0.05, 0.1) is 0 Å². The number of nitrogens with one attached hydrogen (secondary N) is 1. The maximum atomic E-state index is 13.7. The van der Waals surface area contributed by atoms with Crippen molar-refractivity contribution in [3.8, 4) is 0 Å². The molecular weight excluding hydrogens is 293 g/mol. The fourth-order valence-corrected chi connectivity index (χ4v) is 2.27. The zero-order chi connectivity index (χ0) is 13.5. The van der Waals surface area contributed by atoms with Crippen molar-refractivity contribution in [2.24, 2.45) is 11.8 Å². The van der Waals surface area contributed by atoms with Crippen molar-refractivity contribution in [2.45, 2.75) is 33.6 Å². The summed E-state index contributed by atoms with van der Waals surface area (Å²) in [7, 11) is 0. The Morgan fingerprint density at radius 3 is 2.56 bits per heavy atom. The molecule has 0 saturated carbocycles. The molecule has 0 bridgehead atoms. The summed E-state index contributed by atoms with van der Waals surface area (Å²) in [5.74, 6) is 1.05. The smallest absolute Gasteiger partial charge is 0.127 e. The molecule has 0 heterocycles. The van der Waals surface area contributed by atoms with Gasteiger partial charge in [0.1, 0.15) is 5.82 Å². The van der Waals surface area contributed by atoms with Crippen LogP contribution in [0.25, 0.3) is 0 Å². The first kappa shape index (κ1) is 15.6. The Hall–Kier alpha value is -0.410. The van der Waals surface area contributed by atoms with Gasteiger partial charge in [0, 0.05) is 4.47 Å². The first-order valence-electron chi connectivity index (χ1n) is 6.67. The van der Waals surface area contributed by atoms with Crippen LogP contribution in [0.1, 0.15) is 32.8 Å². The van der Waals surface area contributed by atoms with Gasteiger partial charge in [-0.3, -0.25) is 0 Å². The van der Waals surface area contributed by atoms with Crippen LogP contribution >= 0.6 is 15.9 Å². The summed E-state index contributed by atoms with van der Waals surface area (Å²) in [5.41, 5.74) is 0.816. The Bertz CT molecular complexity index is 366. The third-order valence-electron chi connectivity index (χ3n) is 3.09. The Balaban J connectivity index is 2.51. The van der Waals surface area contributed by atoms with Crippen molar-refractivity contribution in [3.05, 3.63) is 34.1 Å². The molecule has 0 amide bonds. The van der Waals surface area contributed by atoms with Gasteiger partial charge in [-0.2, -0.15) is 0 Å². The van der Waals surface area contributed by atoms with Crippen molar-refractivity contribution < 1.29 is 4.39 Å². The Kier molecular flexibility index (Phi) is 6.87. The summed E-state index contributed by atoms with van der Waals surface area (Å²) in [6, 6.07) is 5.33. The second kappa shape index (κ2) is 7.90. The molecule has 1 nitrogen and oxygen atoms in total. The van der Waals surface area contributed by atoms with Crippen molar-refractivity contribution in [3.63, 3.8) is 0 Å². The van der Waals surface area contributed by atoms with Crippen LogP contribution in [0, 0.1) is 17.7 Å². The van der Waals surface area contributed by atoms with E-state index in [0.717, 1.165) is 36.0 Å². The monoisotopic (exact) mass is 315 g/mol. The minimum absolute atomic E-state index is 0.105. The van der Waals surface area contributed by atoms with E-state index < -0.39 is 0 Å². The van der Waals surface area contributed by atoms with E-state index in [4.69, 9.17) is 0 Å². The van der Waals surface area contributed by atoms with Gasteiger partial charge in [0.15, 0.2) is 0 Å². The predicted octanol–water partition coefficient (Wildman–Crippen LogP) is 4.40. The molecular formula is C15H23BrFN. The minimum Gasteiger partial charge on any atom is -0.316 e. The van der Waals surface area contributed by atoms with Gasteiger partial charge in [-0.25, -0.2) is 4.39 Å². The molecule has 0 aliphatic heterocycles. The molecule has 1 aromatic rings. The van der Waals surface area contributed by atoms with E-state index in [1.165, 1.54) is 0 Å². The quantitative estimate of drug-likeness (QED) is 0.786. The molecule has 0 spiro atoms. The van der Waals surface area contributed by atoms with Gasteiger partial charge >= 0.3 is 0 Å².